The highest BCUT2D eigenvalue weighted by molar-refractivity contribution is 7.50. The summed E-state index contributed by atoms with van der Waals surface area (Å²) < 4.78 is 19.5. The summed E-state index contributed by atoms with van der Waals surface area (Å²) in [4.78, 5) is 10.4. The lowest BCUT2D eigenvalue weighted by Crippen LogP contribution is -2.23. The van der Waals surface area contributed by atoms with Crippen LogP contribution in [0.1, 0.15) is 322 Å². The van der Waals surface area contributed by atoms with Gasteiger partial charge in [-0.3, -0.25) is 0 Å². The van der Waals surface area contributed by atoms with Gasteiger partial charge in [0.25, 0.3) is 0 Å². The monoisotopic (exact) mass is 840 g/mol. The minimum absolute atomic E-state index is 0.681. The molecule has 0 fully saturated rings. The van der Waals surface area contributed by atoms with Gasteiger partial charge in [0.2, 0.25) is 0 Å². The van der Waals surface area contributed by atoms with Gasteiger partial charge in [-0.25, -0.2) is 9.24 Å². The zero-order valence-corrected chi connectivity index (χ0v) is 41.4. The molecule has 0 aliphatic rings. The van der Waals surface area contributed by atoms with E-state index in [0.29, 0.717) is 13.1 Å². The van der Waals surface area contributed by atoms with Crippen LogP contribution in [-0.2, 0) is 9.09 Å². The van der Waals surface area contributed by atoms with Gasteiger partial charge in [0.15, 0.2) is 0 Å². The van der Waals surface area contributed by atoms with Crippen molar-refractivity contribution < 1.29 is 14.0 Å². The average Bonchev–Trinajstić information content (AvgIpc) is 3.23. The molecular weight excluding hydrogens is 730 g/mol. The van der Waals surface area contributed by atoms with Crippen LogP contribution < -0.4 is 0 Å². The number of nitrogens with zero attached hydrogens (tertiary/aromatic N) is 1. The second-order valence-electron chi connectivity index (χ2n) is 18.9. The van der Waals surface area contributed by atoms with Crippen LogP contribution >= 0.6 is 7.75 Å². The predicted octanol–water partition coefficient (Wildman–Crippen LogP) is 19.8. The molecule has 0 rings (SSSR count). The van der Waals surface area contributed by atoms with Gasteiger partial charge in [0, 0.05) is 20.2 Å². The molecule has 0 radical (unpaired) electrons. The number of unbranched alkanes of at least 4 members (excludes halogenated alkanes) is 46. The van der Waals surface area contributed by atoms with Crippen molar-refractivity contribution in [3.8, 4) is 0 Å². The van der Waals surface area contributed by atoms with E-state index in [1.807, 2.05) is 0 Å². The normalized spacial score (nSPS) is 12.9. The lowest BCUT2D eigenvalue weighted by Gasteiger charge is -2.25. The Morgan fingerprint density at radius 1 is 0.293 bits per heavy atom. The molecule has 1 atom stereocenters. The van der Waals surface area contributed by atoms with E-state index in [9.17, 15) is 9.46 Å². The molecule has 58 heavy (non-hydrogen) atoms. The maximum absolute atomic E-state index is 12.7. The highest BCUT2D eigenvalue weighted by Gasteiger charge is 2.27. The summed E-state index contributed by atoms with van der Waals surface area (Å²) in [5.41, 5.74) is 0. The van der Waals surface area contributed by atoms with Crippen molar-refractivity contribution in [1.29, 1.82) is 0 Å². The molecule has 0 saturated carbocycles. The zero-order chi connectivity index (χ0) is 42.1. The van der Waals surface area contributed by atoms with Gasteiger partial charge in [-0.1, -0.05) is 309 Å². The van der Waals surface area contributed by atoms with Crippen molar-refractivity contribution in [3.63, 3.8) is 0 Å². The summed E-state index contributed by atoms with van der Waals surface area (Å²) in [6, 6.07) is 0. The number of hydrogen-bond donors (Lipinski definition) is 1. The molecule has 1 unspecified atom stereocenters. The summed E-state index contributed by atoms with van der Waals surface area (Å²) in [5, 5.41) is 0. The Kier molecular flexibility index (Phi) is 49.9. The van der Waals surface area contributed by atoms with Crippen LogP contribution in [0.2, 0.25) is 0 Å². The van der Waals surface area contributed by atoms with Crippen molar-refractivity contribution in [2.24, 2.45) is 0 Å². The summed E-state index contributed by atoms with van der Waals surface area (Å²) in [5.74, 6) is 0. The third kappa shape index (κ3) is 45.6. The first-order valence-electron chi connectivity index (χ1n) is 27.2. The molecular formula is C53H110NO3P. The summed E-state index contributed by atoms with van der Waals surface area (Å²) >= 11 is 0. The van der Waals surface area contributed by atoms with Crippen LogP contribution in [0, 0.1) is 0 Å². The van der Waals surface area contributed by atoms with Gasteiger partial charge in [0.05, 0.1) is 0 Å². The first kappa shape index (κ1) is 58.1. The molecule has 5 heteroatoms. The Morgan fingerprint density at radius 2 is 0.431 bits per heavy atom. The third-order valence-corrected chi connectivity index (χ3v) is 14.7. The van der Waals surface area contributed by atoms with E-state index < -0.39 is 7.75 Å². The molecule has 0 aromatic heterocycles. The predicted molar refractivity (Wildman–Crippen MR) is 261 cm³/mol. The van der Waals surface area contributed by atoms with Gasteiger partial charge in [-0.15, -0.1) is 0 Å². The quantitative estimate of drug-likeness (QED) is 0.0490. The SMILES string of the molecule is CCCCCCCCCCCCCCCCCCCCCCCCCCN(CCCCCCCCCCCCCCCCCCCCCCCCCC)P(=O)(O)OC. The molecule has 1 N–H and O–H groups in total. The minimum Gasteiger partial charge on any atom is -0.312 e. The van der Waals surface area contributed by atoms with Crippen molar-refractivity contribution >= 4 is 7.75 Å². The van der Waals surface area contributed by atoms with Crippen molar-refractivity contribution in [1.82, 2.24) is 4.67 Å². The molecule has 0 bridgehead atoms. The molecule has 0 amide bonds. The molecule has 0 heterocycles. The Balaban J connectivity index is 3.48. The Morgan fingerprint density at radius 3 is 0.569 bits per heavy atom. The zero-order valence-electron chi connectivity index (χ0n) is 40.5. The van der Waals surface area contributed by atoms with Crippen LogP contribution in [0.4, 0.5) is 0 Å². The van der Waals surface area contributed by atoms with Gasteiger partial charge in [-0.05, 0) is 12.8 Å². The second kappa shape index (κ2) is 49.8. The summed E-state index contributed by atoms with van der Waals surface area (Å²) in [6.07, 6.45) is 66.7. The van der Waals surface area contributed by atoms with Gasteiger partial charge in [-0.2, -0.15) is 0 Å². The molecule has 0 aliphatic carbocycles. The van der Waals surface area contributed by atoms with Gasteiger partial charge in [0.1, 0.15) is 0 Å². The average molecular weight is 840 g/mol. The molecule has 350 valence electrons. The molecule has 0 aliphatic heterocycles. The first-order chi connectivity index (χ1) is 28.6. The van der Waals surface area contributed by atoms with E-state index in [1.54, 1.807) is 4.67 Å². The van der Waals surface area contributed by atoms with Crippen LogP contribution in [0.3, 0.4) is 0 Å². The fourth-order valence-electron chi connectivity index (χ4n) is 8.99. The summed E-state index contributed by atoms with van der Waals surface area (Å²) in [7, 11) is -2.27. The van der Waals surface area contributed by atoms with Gasteiger partial charge >= 0.3 is 7.75 Å². The van der Waals surface area contributed by atoms with Crippen molar-refractivity contribution in [2.75, 3.05) is 20.2 Å². The van der Waals surface area contributed by atoms with E-state index in [1.165, 1.54) is 290 Å². The highest BCUT2D eigenvalue weighted by Crippen LogP contribution is 2.45. The topological polar surface area (TPSA) is 49.8 Å². The molecule has 4 nitrogen and oxygen atoms in total. The Hall–Kier alpha value is 0.110. The van der Waals surface area contributed by atoms with E-state index in [2.05, 4.69) is 13.8 Å². The largest absolute Gasteiger partial charge is 0.405 e. The Labute approximate surface area is 367 Å². The fraction of sp³-hybridized carbons (Fsp3) is 1.00. The highest BCUT2D eigenvalue weighted by atomic mass is 31.2. The minimum atomic E-state index is -3.65. The second-order valence-corrected chi connectivity index (χ2v) is 20.8. The van der Waals surface area contributed by atoms with Crippen LogP contribution in [0.5, 0.6) is 0 Å². The van der Waals surface area contributed by atoms with E-state index in [0.717, 1.165) is 25.7 Å². The van der Waals surface area contributed by atoms with Crippen LogP contribution in [-0.4, -0.2) is 29.8 Å². The standard InChI is InChI=1S/C53H110NO3P/c1-4-6-8-10-12-14-16-18-20-22-24-26-28-30-32-34-36-38-40-42-44-46-48-50-52-54(58(55,56)57-3)53-51-49-47-45-43-41-39-37-35-33-31-29-27-25-23-21-19-17-15-13-11-9-7-5-2/h4-53H2,1-3H3,(H,55,56). The fourth-order valence-corrected chi connectivity index (χ4v) is 10.0. The van der Waals surface area contributed by atoms with Crippen LogP contribution in [0.15, 0.2) is 0 Å². The van der Waals surface area contributed by atoms with Crippen molar-refractivity contribution in [2.45, 2.75) is 322 Å². The van der Waals surface area contributed by atoms with Crippen LogP contribution in [0.25, 0.3) is 0 Å². The summed E-state index contributed by atoms with van der Waals surface area (Å²) in [6.45, 7) is 5.96. The number of rotatable bonds is 52. The van der Waals surface area contributed by atoms with E-state index in [-0.39, 0.29) is 0 Å². The number of hydrogen-bond acceptors (Lipinski definition) is 2. The molecule has 0 saturated heterocycles. The van der Waals surface area contributed by atoms with E-state index >= 15 is 0 Å². The van der Waals surface area contributed by atoms with Gasteiger partial charge < -0.3 is 9.42 Å². The van der Waals surface area contributed by atoms with Crippen molar-refractivity contribution in [3.05, 3.63) is 0 Å². The smallest absolute Gasteiger partial charge is 0.312 e. The maximum atomic E-state index is 12.7. The lowest BCUT2D eigenvalue weighted by atomic mass is 10.0. The maximum Gasteiger partial charge on any atom is 0.405 e. The molecule has 0 aromatic rings. The molecule has 0 spiro atoms. The van der Waals surface area contributed by atoms with E-state index in [4.69, 9.17) is 4.52 Å². The Bertz CT molecular complexity index is 741. The third-order valence-electron chi connectivity index (χ3n) is 13.1. The molecule has 0 aromatic carbocycles. The first-order valence-corrected chi connectivity index (χ1v) is 28.8. The lowest BCUT2D eigenvalue weighted by molar-refractivity contribution is 0.230.